The largest absolute Gasteiger partial charge is 0.374 e. The average molecular weight is 308 g/mol. The first-order valence-corrected chi connectivity index (χ1v) is 8.18. The van der Waals surface area contributed by atoms with Gasteiger partial charge in [-0.2, -0.15) is 0 Å². The zero-order valence-electron chi connectivity index (χ0n) is 12.2. The van der Waals surface area contributed by atoms with Crippen molar-refractivity contribution in [1.29, 1.82) is 0 Å². The molecule has 0 radical (unpaired) electrons. The van der Waals surface area contributed by atoms with Crippen LogP contribution in [0.2, 0.25) is 0 Å². The van der Waals surface area contributed by atoms with Crippen molar-refractivity contribution >= 4 is 11.8 Å². The summed E-state index contributed by atoms with van der Waals surface area (Å²) < 4.78 is 0. The third-order valence-electron chi connectivity index (χ3n) is 3.57. The van der Waals surface area contributed by atoms with Crippen LogP contribution in [0.4, 0.5) is 0 Å². The van der Waals surface area contributed by atoms with E-state index < -0.39 is 5.60 Å². The minimum atomic E-state index is -1.30. The van der Waals surface area contributed by atoms with E-state index in [1.165, 1.54) is 11.8 Å². The fourth-order valence-corrected chi connectivity index (χ4v) is 2.82. The smallest absolute Gasteiger partial charge is 0.187 e. The molecule has 0 spiro atoms. The normalized spacial score (nSPS) is 11.4. The molecule has 22 heavy (non-hydrogen) atoms. The van der Waals surface area contributed by atoms with Gasteiger partial charge < -0.3 is 5.11 Å². The van der Waals surface area contributed by atoms with Gasteiger partial charge in [0.15, 0.2) is 10.8 Å². The number of benzene rings is 2. The van der Waals surface area contributed by atoms with Gasteiger partial charge in [-0.25, -0.2) is 9.97 Å². The van der Waals surface area contributed by atoms with Crippen LogP contribution in [0.15, 0.2) is 78.1 Å². The van der Waals surface area contributed by atoms with E-state index in [1.807, 2.05) is 66.9 Å². The minimum absolute atomic E-state index is 0.573. The lowest BCUT2D eigenvalue weighted by molar-refractivity contribution is 0.120. The number of hydrogen-bond acceptors (Lipinski definition) is 4. The predicted octanol–water partition coefficient (Wildman–Crippen LogP) is 3.48. The molecule has 1 heterocycles. The van der Waals surface area contributed by atoms with Crippen molar-refractivity contribution in [1.82, 2.24) is 9.97 Å². The van der Waals surface area contributed by atoms with Gasteiger partial charge in [-0.3, -0.25) is 0 Å². The van der Waals surface area contributed by atoms with Crippen LogP contribution < -0.4 is 0 Å². The van der Waals surface area contributed by atoms with Crippen LogP contribution in [0.3, 0.4) is 0 Å². The van der Waals surface area contributed by atoms with Crippen LogP contribution in [-0.4, -0.2) is 21.3 Å². The van der Waals surface area contributed by atoms with Gasteiger partial charge in [0.2, 0.25) is 0 Å². The van der Waals surface area contributed by atoms with Crippen LogP contribution in [0.1, 0.15) is 16.8 Å². The highest BCUT2D eigenvalue weighted by Crippen LogP contribution is 2.35. The molecule has 0 saturated carbocycles. The summed E-state index contributed by atoms with van der Waals surface area (Å²) in [6.07, 6.45) is 3.61. The standard InChI is InChI=1S/C18H16N2OS/c1-22-17-19-13-12-16(20-17)18(21,14-8-4-2-5-9-14)15-10-6-3-7-11-15/h2-13,21H,1H3. The highest BCUT2D eigenvalue weighted by Gasteiger charge is 2.35. The molecule has 0 fully saturated rings. The van der Waals surface area contributed by atoms with E-state index in [1.54, 1.807) is 12.3 Å². The van der Waals surface area contributed by atoms with Crippen molar-refractivity contribution in [3.05, 3.63) is 89.7 Å². The molecule has 1 N–H and O–H groups in total. The quantitative estimate of drug-likeness (QED) is 0.592. The summed E-state index contributed by atoms with van der Waals surface area (Å²) in [6, 6.07) is 20.9. The molecule has 3 nitrogen and oxygen atoms in total. The summed E-state index contributed by atoms with van der Waals surface area (Å²) in [5, 5.41) is 12.2. The van der Waals surface area contributed by atoms with Crippen molar-refractivity contribution < 1.29 is 5.11 Å². The number of hydrogen-bond donors (Lipinski definition) is 1. The van der Waals surface area contributed by atoms with Gasteiger partial charge in [-0.05, 0) is 23.4 Å². The zero-order valence-corrected chi connectivity index (χ0v) is 13.0. The van der Waals surface area contributed by atoms with Crippen molar-refractivity contribution in [2.45, 2.75) is 10.8 Å². The molecular formula is C18H16N2OS. The van der Waals surface area contributed by atoms with E-state index in [0.29, 0.717) is 10.9 Å². The third-order valence-corrected chi connectivity index (χ3v) is 4.13. The molecule has 0 amide bonds. The molecule has 3 aromatic rings. The van der Waals surface area contributed by atoms with E-state index in [9.17, 15) is 5.11 Å². The Bertz CT molecular complexity index is 708. The number of thioether (sulfide) groups is 1. The molecular weight excluding hydrogens is 292 g/mol. The summed E-state index contributed by atoms with van der Waals surface area (Å²) in [4.78, 5) is 8.72. The lowest BCUT2D eigenvalue weighted by atomic mass is 9.83. The number of aromatic nitrogens is 2. The van der Waals surface area contributed by atoms with Crippen LogP contribution >= 0.6 is 11.8 Å². The monoisotopic (exact) mass is 308 g/mol. The van der Waals surface area contributed by atoms with Gasteiger partial charge in [-0.1, -0.05) is 72.4 Å². The highest BCUT2D eigenvalue weighted by molar-refractivity contribution is 7.98. The Morgan fingerprint density at radius 2 is 1.41 bits per heavy atom. The van der Waals surface area contributed by atoms with Gasteiger partial charge >= 0.3 is 0 Å². The Morgan fingerprint density at radius 3 is 1.91 bits per heavy atom. The number of aliphatic hydroxyl groups is 1. The van der Waals surface area contributed by atoms with Gasteiger partial charge in [0.25, 0.3) is 0 Å². The van der Waals surface area contributed by atoms with Gasteiger partial charge in [0, 0.05) is 6.20 Å². The summed E-state index contributed by atoms with van der Waals surface area (Å²) in [5.41, 5.74) is 0.846. The lowest BCUT2D eigenvalue weighted by Gasteiger charge is -2.29. The molecule has 4 heteroatoms. The second-order valence-electron chi connectivity index (χ2n) is 4.87. The van der Waals surface area contributed by atoms with Crippen molar-refractivity contribution in [3.8, 4) is 0 Å². The zero-order chi connectivity index (χ0) is 15.4. The second kappa shape index (κ2) is 6.30. The SMILES string of the molecule is CSc1nccc(C(O)(c2ccccc2)c2ccccc2)n1. The summed E-state index contributed by atoms with van der Waals surface area (Å²) in [5.74, 6) is 0. The van der Waals surface area contributed by atoms with Gasteiger partial charge in [0.05, 0.1) is 5.69 Å². The molecule has 110 valence electrons. The maximum Gasteiger partial charge on any atom is 0.187 e. The lowest BCUT2D eigenvalue weighted by Crippen LogP contribution is -2.30. The maximum absolute atomic E-state index is 11.5. The number of rotatable bonds is 4. The van der Waals surface area contributed by atoms with E-state index in [-0.39, 0.29) is 0 Å². The minimum Gasteiger partial charge on any atom is -0.374 e. The van der Waals surface area contributed by atoms with Crippen LogP contribution in [0.5, 0.6) is 0 Å². The summed E-state index contributed by atoms with van der Waals surface area (Å²) >= 11 is 1.46. The Kier molecular flexibility index (Phi) is 4.22. The van der Waals surface area contributed by atoms with Crippen molar-refractivity contribution in [3.63, 3.8) is 0 Å². The summed E-state index contributed by atoms with van der Waals surface area (Å²) in [6.45, 7) is 0. The van der Waals surface area contributed by atoms with Crippen molar-refractivity contribution in [2.75, 3.05) is 6.26 Å². The topological polar surface area (TPSA) is 46.0 Å². The van der Waals surface area contributed by atoms with E-state index >= 15 is 0 Å². The van der Waals surface area contributed by atoms with Crippen molar-refractivity contribution in [2.24, 2.45) is 0 Å². The molecule has 0 unspecified atom stereocenters. The Hall–Kier alpha value is -2.17. The first-order chi connectivity index (χ1) is 10.7. The van der Waals surface area contributed by atoms with Crippen LogP contribution in [0, 0.1) is 0 Å². The Labute approximate surface area is 134 Å². The fourth-order valence-electron chi connectivity index (χ4n) is 2.46. The number of nitrogens with zero attached hydrogens (tertiary/aromatic N) is 2. The Morgan fingerprint density at radius 1 is 0.864 bits per heavy atom. The first kappa shape index (κ1) is 14.8. The predicted molar refractivity (Wildman–Crippen MR) is 88.8 cm³/mol. The average Bonchev–Trinajstić information content (AvgIpc) is 2.62. The molecule has 0 aliphatic rings. The molecule has 0 aliphatic heterocycles. The van der Waals surface area contributed by atoms with Crippen LogP contribution in [0.25, 0.3) is 0 Å². The van der Waals surface area contributed by atoms with E-state index in [2.05, 4.69) is 9.97 Å². The van der Waals surface area contributed by atoms with Crippen LogP contribution in [-0.2, 0) is 5.60 Å². The Balaban J connectivity index is 2.23. The molecule has 2 aromatic carbocycles. The molecule has 1 aromatic heterocycles. The molecule has 0 bridgehead atoms. The molecule has 3 rings (SSSR count). The second-order valence-corrected chi connectivity index (χ2v) is 5.64. The molecule has 0 saturated heterocycles. The highest BCUT2D eigenvalue weighted by atomic mass is 32.2. The molecule has 0 atom stereocenters. The first-order valence-electron chi connectivity index (χ1n) is 6.96. The van der Waals surface area contributed by atoms with Gasteiger partial charge in [-0.15, -0.1) is 0 Å². The molecule has 0 aliphatic carbocycles. The third kappa shape index (κ3) is 2.63. The fraction of sp³-hybridized carbons (Fsp3) is 0.111. The van der Waals surface area contributed by atoms with E-state index in [0.717, 1.165) is 11.1 Å². The summed E-state index contributed by atoms with van der Waals surface area (Å²) in [7, 11) is 0. The van der Waals surface area contributed by atoms with Gasteiger partial charge in [0.1, 0.15) is 0 Å². The maximum atomic E-state index is 11.5. The van der Waals surface area contributed by atoms with E-state index in [4.69, 9.17) is 0 Å².